The van der Waals surface area contributed by atoms with Gasteiger partial charge in [0.05, 0.1) is 0 Å². The van der Waals surface area contributed by atoms with Crippen molar-refractivity contribution in [3.8, 4) is 11.1 Å². The zero-order valence-corrected chi connectivity index (χ0v) is 11.4. The van der Waals surface area contributed by atoms with E-state index in [1.807, 2.05) is 54.6 Å². The van der Waals surface area contributed by atoms with Gasteiger partial charge < -0.3 is 5.11 Å². The normalized spacial score (nSPS) is 12.1. The van der Waals surface area contributed by atoms with E-state index in [1.54, 1.807) is 12.1 Å². The number of halogens is 1. The summed E-state index contributed by atoms with van der Waals surface area (Å²) in [5.74, 6) is -0.303. The Balaban J connectivity index is 2.05. The van der Waals surface area contributed by atoms with Crippen molar-refractivity contribution >= 4 is 0 Å². The highest BCUT2D eigenvalue weighted by Crippen LogP contribution is 2.31. The van der Waals surface area contributed by atoms with Gasteiger partial charge in [-0.3, -0.25) is 0 Å². The molecule has 1 unspecified atom stereocenters. The first-order chi connectivity index (χ1) is 10.3. The summed E-state index contributed by atoms with van der Waals surface area (Å²) >= 11 is 0. The maximum atomic E-state index is 13.0. The van der Waals surface area contributed by atoms with Crippen LogP contribution >= 0.6 is 0 Å². The van der Waals surface area contributed by atoms with Gasteiger partial charge in [0.15, 0.2) is 0 Å². The molecule has 1 nitrogen and oxygen atoms in total. The van der Waals surface area contributed by atoms with E-state index in [0.29, 0.717) is 5.56 Å². The molecule has 0 spiro atoms. The maximum absolute atomic E-state index is 13.0. The van der Waals surface area contributed by atoms with Crippen LogP contribution in [0.25, 0.3) is 11.1 Å². The van der Waals surface area contributed by atoms with E-state index in [1.165, 1.54) is 12.1 Å². The summed E-state index contributed by atoms with van der Waals surface area (Å²) < 4.78 is 13.0. The Labute approximate surface area is 123 Å². The first kappa shape index (κ1) is 13.5. The van der Waals surface area contributed by atoms with Crippen molar-refractivity contribution in [3.05, 3.63) is 95.8 Å². The molecule has 0 saturated heterocycles. The molecule has 0 aliphatic carbocycles. The molecular formula is C19H15FO. The first-order valence-electron chi connectivity index (χ1n) is 6.83. The molecule has 3 aromatic carbocycles. The third-order valence-corrected chi connectivity index (χ3v) is 3.53. The van der Waals surface area contributed by atoms with Gasteiger partial charge >= 0.3 is 0 Å². The van der Waals surface area contributed by atoms with Crippen LogP contribution in [0.15, 0.2) is 78.9 Å². The summed E-state index contributed by atoms with van der Waals surface area (Å²) in [7, 11) is 0. The van der Waals surface area contributed by atoms with E-state index in [4.69, 9.17) is 0 Å². The standard InChI is InChI=1S/C19H15FO/c20-16-12-10-15(11-13-16)19(21)18-9-5-4-8-17(18)14-6-2-1-3-7-14/h1-13,19,21H. The van der Waals surface area contributed by atoms with Crippen molar-refractivity contribution in [3.63, 3.8) is 0 Å². The molecule has 104 valence electrons. The van der Waals surface area contributed by atoms with Gasteiger partial charge in [-0.25, -0.2) is 4.39 Å². The second-order valence-electron chi connectivity index (χ2n) is 4.91. The zero-order chi connectivity index (χ0) is 14.7. The summed E-state index contributed by atoms with van der Waals surface area (Å²) in [5, 5.41) is 10.6. The molecule has 2 heteroatoms. The fraction of sp³-hybridized carbons (Fsp3) is 0.0526. The molecule has 0 amide bonds. The van der Waals surface area contributed by atoms with Crippen LogP contribution in [0.3, 0.4) is 0 Å². The Bertz CT molecular complexity index is 720. The number of hydrogen-bond acceptors (Lipinski definition) is 1. The monoisotopic (exact) mass is 278 g/mol. The molecule has 3 rings (SSSR count). The van der Waals surface area contributed by atoms with Crippen molar-refractivity contribution in [2.45, 2.75) is 6.10 Å². The minimum atomic E-state index is -0.776. The van der Waals surface area contributed by atoms with Crippen LogP contribution in [-0.4, -0.2) is 5.11 Å². The zero-order valence-electron chi connectivity index (χ0n) is 11.4. The predicted octanol–water partition coefficient (Wildman–Crippen LogP) is 4.57. The van der Waals surface area contributed by atoms with E-state index in [-0.39, 0.29) is 5.82 Å². The third-order valence-electron chi connectivity index (χ3n) is 3.53. The molecule has 1 N–H and O–H groups in total. The smallest absolute Gasteiger partial charge is 0.123 e. The quantitative estimate of drug-likeness (QED) is 0.743. The highest BCUT2D eigenvalue weighted by molar-refractivity contribution is 5.68. The molecule has 3 aromatic rings. The van der Waals surface area contributed by atoms with Gasteiger partial charge in [0.2, 0.25) is 0 Å². The van der Waals surface area contributed by atoms with Gasteiger partial charge in [0.25, 0.3) is 0 Å². The van der Waals surface area contributed by atoms with E-state index >= 15 is 0 Å². The topological polar surface area (TPSA) is 20.2 Å². The van der Waals surface area contributed by atoms with Crippen LogP contribution in [0.2, 0.25) is 0 Å². The Kier molecular flexibility index (Phi) is 3.80. The third kappa shape index (κ3) is 2.86. The lowest BCUT2D eigenvalue weighted by molar-refractivity contribution is 0.221. The predicted molar refractivity (Wildman–Crippen MR) is 82.3 cm³/mol. The van der Waals surface area contributed by atoms with Crippen molar-refractivity contribution < 1.29 is 9.50 Å². The van der Waals surface area contributed by atoms with Gasteiger partial charge in [-0.2, -0.15) is 0 Å². The number of aliphatic hydroxyl groups is 1. The van der Waals surface area contributed by atoms with Gasteiger partial charge in [0.1, 0.15) is 11.9 Å². The van der Waals surface area contributed by atoms with Crippen molar-refractivity contribution in [1.82, 2.24) is 0 Å². The average Bonchev–Trinajstić information content (AvgIpc) is 2.56. The van der Waals surface area contributed by atoms with Crippen LogP contribution in [0, 0.1) is 5.82 Å². The SMILES string of the molecule is OC(c1ccc(F)cc1)c1ccccc1-c1ccccc1. The molecule has 0 heterocycles. The Morgan fingerprint density at radius 1 is 0.714 bits per heavy atom. The molecule has 0 radical (unpaired) electrons. The second kappa shape index (κ2) is 5.90. The molecule has 0 aliphatic rings. The number of hydrogen-bond donors (Lipinski definition) is 1. The van der Waals surface area contributed by atoms with E-state index in [2.05, 4.69) is 0 Å². The molecule has 1 atom stereocenters. The van der Waals surface area contributed by atoms with Crippen molar-refractivity contribution in [2.75, 3.05) is 0 Å². The molecule has 0 bridgehead atoms. The highest BCUT2D eigenvalue weighted by Gasteiger charge is 2.15. The fourth-order valence-corrected chi connectivity index (χ4v) is 2.44. The molecule has 0 saturated carbocycles. The minimum absolute atomic E-state index is 0.303. The maximum Gasteiger partial charge on any atom is 0.123 e. The van der Waals surface area contributed by atoms with Crippen LogP contribution in [-0.2, 0) is 0 Å². The van der Waals surface area contributed by atoms with Gasteiger partial charge in [-0.05, 0) is 34.4 Å². The summed E-state index contributed by atoms with van der Waals surface area (Å²) in [6.45, 7) is 0. The van der Waals surface area contributed by atoms with Crippen molar-refractivity contribution in [1.29, 1.82) is 0 Å². The lowest BCUT2D eigenvalue weighted by Crippen LogP contribution is -2.01. The number of benzene rings is 3. The second-order valence-corrected chi connectivity index (χ2v) is 4.91. The summed E-state index contributed by atoms with van der Waals surface area (Å²) in [4.78, 5) is 0. The summed E-state index contributed by atoms with van der Waals surface area (Å²) in [6.07, 6.45) is -0.776. The molecule has 0 aliphatic heterocycles. The fourth-order valence-electron chi connectivity index (χ4n) is 2.44. The molecular weight excluding hydrogens is 263 g/mol. The average molecular weight is 278 g/mol. The van der Waals surface area contributed by atoms with Gasteiger partial charge in [-0.15, -0.1) is 0 Å². The summed E-state index contributed by atoms with van der Waals surface area (Å²) in [6, 6.07) is 23.6. The Morgan fingerprint density at radius 3 is 2.05 bits per heavy atom. The number of aliphatic hydroxyl groups excluding tert-OH is 1. The van der Waals surface area contributed by atoms with Gasteiger partial charge in [0, 0.05) is 0 Å². The van der Waals surface area contributed by atoms with E-state index in [9.17, 15) is 9.50 Å². The van der Waals surface area contributed by atoms with E-state index < -0.39 is 6.10 Å². The lowest BCUT2D eigenvalue weighted by atomic mass is 9.93. The van der Waals surface area contributed by atoms with Crippen molar-refractivity contribution in [2.24, 2.45) is 0 Å². The van der Waals surface area contributed by atoms with Crippen LogP contribution in [0.1, 0.15) is 17.2 Å². The summed E-state index contributed by atoms with van der Waals surface area (Å²) in [5.41, 5.74) is 3.53. The largest absolute Gasteiger partial charge is 0.384 e. The molecule has 0 aromatic heterocycles. The highest BCUT2D eigenvalue weighted by atomic mass is 19.1. The van der Waals surface area contributed by atoms with Crippen LogP contribution in [0.5, 0.6) is 0 Å². The molecule has 0 fully saturated rings. The minimum Gasteiger partial charge on any atom is -0.384 e. The Morgan fingerprint density at radius 2 is 1.33 bits per heavy atom. The Hall–Kier alpha value is -2.45. The van der Waals surface area contributed by atoms with E-state index in [0.717, 1.165) is 16.7 Å². The van der Waals surface area contributed by atoms with Gasteiger partial charge in [-0.1, -0.05) is 66.7 Å². The van der Waals surface area contributed by atoms with Crippen LogP contribution in [0.4, 0.5) is 4.39 Å². The lowest BCUT2D eigenvalue weighted by Gasteiger charge is -2.16. The first-order valence-corrected chi connectivity index (χ1v) is 6.83. The molecule has 21 heavy (non-hydrogen) atoms. The number of rotatable bonds is 3. The van der Waals surface area contributed by atoms with Crippen LogP contribution < -0.4 is 0 Å².